The van der Waals surface area contributed by atoms with Crippen molar-refractivity contribution in [2.45, 2.75) is 19.9 Å². The number of hydrogen-bond donors (Lipinski definition) is 2. The van der Waals surface area contributed by atoms with E-state index < -0.39 is 0 Å². The molecule has 0 aliphatic heterocycles. The standard InChI is InChI=1S/C5H14N2/c1-5(2)7-4-3-6/h5,7H,3-4,6H2,1-2H3/p+2. The Bertz CT molecular complexity index is 35.1. The van der Waals surface area contributed by atoms with E-state index >= 15 is 0 Å². The maximum Gasteiger partial charge on any atom is 0.125 e. The monoisotopic (exact) mass is 104 g/mol. The summed E-state index contributed by atoms with van der Waals surface area (Å²) < 4.78 is 0. The van der Waals surface area contributed by atoms with Crippen LogP contribution in [0.1, 0.15) is 13.8 Å². The first-order valence-corrected chi connectivity index (χ1v) is 2.90. The maximum atomic E-state index is 3.73. The molecule has 7 heavy (non-hydrogen) atoms. The van der Waals surface area contributed by atoms with Gasteiger partial charge in [0, 0.05) is 0 Å². The number of rotatable bonds is 3. The summed E-state index contributed by atoms with van der Waals surface area (Å²) in [7, 11) is 0. The van der Waals surface area contributed by atoms with Gasteiger partial charge in [-0.1, -0.05) is 0 Å². The minimum Gasteiger partial charge on any atom is -0.353 e. The molecule has 0 rings (SSSR count). The molecule has 5 N–H and O–H groups in total. The van der Waals surface area contributed by atoms with Crippen LogP contribution in [0.3, 0.4) is 0 Å². The van der Waals surface area contributed by atoms with E-state index in [1.165, 1.54) is 0 Å². The van der Waals surface area contributed by atoms with Gasteiger partial charge in [0.2, 0.25) is 0 Å². The zero-order valence-electron chi connectivity index (χ0n) is 5.28. The second-order valence-electron chi connectivity index (χ2n) is 2.12. The Labute approximate surface area is 45.1 Å². The fourth-order valence-corrected chi connectivity index (χ4v) is 0.451. The predicted octanol–water partition coefficient (Wildman–Crippen LogP) is -1.80. The molecule has 0 radical (unpaired) electrons. The van der Waals surface area contributed by atoms with Crippen LogP contribution in [0, 0.1) is 0 Å². The van der Waals surface area contributed by atoms with Crippen LogP contribution in [0.2, 0.25) is 0 Å². The van der Waals surface area contributed by atoms with E-state index in [-0.39, 0.29) is 0 Å². The van der Waals surface area contributed by atoms with Crippen molar-refractivity contribution < 1.29 is 11.1 Å². The highest BCUT2D eigenvalue weighted by Gasteiger charge is 1.91. The maximum absolute atomic E-state index is 3.73. The lowest BCUT2D eigenvalue weighted by atomic mass is 10.4. The molecule has 44 valence electrons. The molecule has 0 saturated heterocycles. The largest absolute Gasteiger partial charge is 0.353 e. The highest BCUT2D eigenvalue weighted by molar-refractivity contribution is 4.24. The van der Waals surface area contributed by atoms with Gasteiger partial charge >= 0.3 is 0 Å². The first-order valence-electron chi connectivity index (χ1n) is 2.90. The topological polar surface area (TPSA) is 44.2 Å². The van der Waals surface area contributed by atoms with Crippen LogP contribution in [-0.2, 0) is 0 Å². The van der Waals surface area contributed by atoms with Gasteiger partial charge in [-0.2, -0.15) is 0 Å². The van der Waals surface area contributed by atoms with Crippen molar-refractivity contribution in [2.24, 2.45) is 0 Å². The van der Waals surface area contributed by atoms with Gasteiger partial charge < -0.3 is 11.1 Å². The molecule has 0 fully saturated rings. The second kappa shape index (κ2) is 4.09. The van der Waals surface area contributed by atoms with Gasteiger partial charge in [0.05, 0.1) is 6.04 Å². The molecule has 0 spiro atoms. The van der Waals surface area contributed by atoms with Crippen LogP contribution >= 0.6 is 0 Å². The molecule has 0 amide bonds. The summed E-state index contributed by atoms with van der Waals surface area (Å²) in [5, 5.41) is 2.28. The van der Waals surface area contributed by atoms with E-state index in [0.717, 1.165) is 19.1 Å². The van der Waals surface area contributed by atoms with Crippen LogP contribution in [0.25, 0.3) is 0 Å². The van der Waals surface area contributed by atoms with Crippen LogP contribution in [0.5, 0.6) is 0 Å². The lowest BCUT2D eigenvalue weighted by Crippen LogP contribution is -2.91. The summed E-state index contributed by atoms with van der Waals surface area (Å²) in [6.07, 6.45) is 0. The number of nitrogens with two attached hydrogens (primary N) is 1. The number of hydrogen-bond acceptors (Lipinski definition) is 0. The van der Waals surface area contributed by atoms with Crippen LogP contribution in [-0.4, -0.2) is 19.1 Å². The van der Waals surface area contributed by atoms with Gasteiger partial charge in [-0.3, -0.25) is 0 Å². The molecule has 0 aliphatic rings. The molecule has 0 unspecified atom stereocenters. The van der Waals surface area contributed by atoms with E-state index in [1.807, 2.05) is 0 Å². The molecular weight excluding hydrogens is 88.1 g/mol. The molecule has 2 nitrogen and oxygen atoms in total. The third-order valence-corrected chi connectivity index (χ3v) is 0.842. The van der Waals surface area contributed by atoms with Crippen LogP contribution in [0.15, 0.2) is 0 Å². The fraction of sp³-hybridized carbons (Fsp3) is 1.00. The predicted molar refractivity (Wildman–Crippen MR) is 29.7 cm³/mol. The Balaban J connectivity index is 2.68. The number of quaternary nitrogens is 2. The SMILES string of the molecule is CC(C)[NH2+]CC[NH3+]. The summed E-state index contributed by atoms with van der Waals surface area (Å²) in [6, 6.07) is 0.738. The lowest BCUT2D eigenvalue weighted by Gasteiger charge is -1.98. The Morgan fingerprint density at radius 3 is 2.29 bits per heavy atom. The molecule has 0 bridgehead atoms. The molecule has 0 aromatic rings. The first kappa shape index (κ1) is 6.92. The van der Waals surface area contributed by atoms with Gasteiger partial charge in [-0.15, -0.1) is 0 Å². The van der Waals surface area contributed by atoms with Crippen molar-refractivity contribution in [1.29, 1.82) is 0 Å². The summed E-state index contributed by atoms with van der Waals surface area (Å²) in [4.78, 5) is 0. The molecule has 0 aliphatic carbocycles. The average molecular weight is 104 g/mol. The second-order valence-corrected chi connectivity index (χ2v) is 2.12. The van der Waals surface area contributed by atoms with Gasteiger partial charge in [0.15, 0.2) is 0 Å². The van der Waals surface area contributed by atoms with Crippen molar-refractivity contribution in [1.82, 2.24) is 0 Å². The Hall–Kier alpha value is -0.0800. The van der Waals surface area contributed by atoms with E-state index in [1.54, 1.807) is 0 Å². The quantitative estimate of drug-likeness (QED) is 0.424. The molecule has 0 atom stereocenters. The Morgan fingerprint density at radius 2 is 2.14 bits per heavy atom. The summed E-state index contributed by atoms with van der Waals surface area (Å²) in [6.45, 7) is 6.58. The van der Waals surface area contributed by atoms with E-state index in [9.17, 15) is 0 Å². The first-order chi connectivity index (χ1) is 3.27. The normalized spacial score (nSPS) is 10.3. The minimum absolute atomic E-state index is 0.738. The zero-order chi connectivity index (χ0) is 5.70. The van der Waals surface area contributed by atoms with Crippen LogP contribution < -0.4 is 11.1 Å². The van der Waals surface area contributed by atoms with Crippen molar-refractivity contribution >= 4 is 0 Å². The Morgan fingerprint density at radius 1 is 1.57 bits per heavy atom. The van der Waals surface area contributed by atoms with Crippen molar-refractivity contribution in [3.63, 3.8) is 0 Å². The van der Waals surface area contributed by atoms with Gasteiger partial charge in [0.1, 0.15) is 13.1 Å². The zero-order valence-corrected chi connectivity index (χ0v) is 5.28. The Kier molecular flexibility index (Phi) is 4.04. The highest BCUT2D eigenvalue weighted by Crippen LogP contribution is 1.58. The van der Waals surface area contributed by atoms with Crippen molar-refractivity contribution in [3.8, 4) is 0 Å². The lowest BCUT2D eigenvalue weighted by molar-refractivity contribution is -0.695. The van der Waals surface area contributed by atoms with Gasteiger partial charge in [-0.05, 0) is 13.8 Å². The third kappa shape index (κ3) is 5.92. The summed E-state index contributed by atoms with van der Waals surface area (Å²) in [5.74, 6) is 0. The molecule has 0 aromatic heterocycles. The van der Waals surface area contributed by atoms with Crippen molar-refractivity contribution in [3.05, 3.63) is 0 Å². The third-order valence-electron chi connectivity index (χ3n) is 0.842. The fourth-order valence-electron chi connectivity index (χ4n) is 0.451. The van der Waals surface area contributed by atoms with E-state index in [2.05, 4.69) is 24.9 Å². The van der Waals surface area contributed by atoms with E-state index in [4.69, 9.17) is 0 Å². The smallest absolute Gasteiger partial charge is 0.125 e. The molecule has 0 aromatic carbocycles. The average Bonchev–Trinajstić information content (AvgIpc) is 1.61. The summed E-state index contributed by atoms with van der Waals surface area (Å²) >= 11 is 0. The van der Waals surface area contributed by atoms with Gasteiger partial charge in [-0.25, -0.2) is 0 Å². The van der Waals surface area contributed by atoms with E-state index in [0.29, 0.717) is 0 Å². The van der Waals surface area contributed by atoms with Gasteiger partial charge in [0.25, 0.3) is 0 Å². The van der Waals surface area contributed by atoms with Crippen LogP contribution in [0.4, 0.5) is 0 Å². The molecule has 2 heteroatoms. The van der Waals surface area contributed by atoms with Crippen molar-refractivity contribution in [2.75, 3.05) is 13.1 Å². The summed E-state index contributed by atoms with van der Waals surface area (Å²) in [5.41, 5.74) is 3.73. The molecule has 0 heterocycles. The molecular formula is C5H16N2+2. The minimum atomic E-state index is 0.738. The highest BCUT2D eigenvalue weighted by atomic mass is 14.9. The molecule has 0 saturated carbocycles.